The van der Waals surface area contributed by atoms with Crippen LogP contribution in [0.2, 0.25) is 0 Å². The van der Waals surface area contributed by atoms with Gasteiger partial charge in [0.15, 0.2) is 9.84 Å². The van der Waals surface area contributed by atoms with Crippen LogP contribution in [0.3, 0.4) is 0 Å². The van der Waals surface area contributed by atoms with Gasteiger partial charge in [-0.05, 0) is 30.7 Å². The quantitative estimate of drug-likeness (QED) is 0.747. The van der Waals surface area contributed by atoms with Gasteiger partial charge in [-0.1, -0.05) is 0 Å². The Morgan fingerprint density at radius 2 is 2.15 bits per heavy atom. The fraction of sp³-hybridized carbons (Fsp3) is 0.769. The number of sulfone groups is 1. The molecular formula is C13H20Cl2N2O2S. The summed E-state index contributed by atoms with van der Waals surface area (Å²) in [6.45, 7) is 0. The largest absolute Gasteiger partial charge is 0.276 e. The highest BCUT2D eigenvalue weighted by Gasteiger charge is 2.43. The van der Waals surface area contributed by atoms with Gasteiger partial charge in [0.05, 0.1) is 17.7 Å². The molecule has 1 aromatic heterocycles. The Kier molecular flexibility index (Phi) is 5.03. The van der Waals surface area contributed by atoms with E-state index in [2.05, 4.69) is 5.10 Å². The second-order valence-corrected chi connectivity index (χ2v) is 8.52. The number of rotatable bonds is 6. The van der Waals surface area contributed by atoms with Crippen LogP contribution in [0.4, 0.5) is 0 Å². The molecule has 1 saturated heterocycles. The van der Waals surface area contributed by atoms with Gasteiger partial charge in [-0.3, -0.25) is 4.68 Å². The number of hydrogen-bond acceptors (Lipinski definition) is 3. The average molecular weight is 339 g/mol. The van der Waals surface area contributed by atoms with Crippen molar-refractivity contribution in [3.8, 4) is 0 Å². The average Bonchev–Trinajstić information content (AvgIpc) is 2.98. The molecule has 0 aliphatic carbocycles. The number of alkyl halides is 2. The summed E-state index contributed by atoms with van der Waals surface area (Å²) >= 11 is 12.3. The molecule has 1 aliphatic heterocycles. The van der Waals surface area contributed by atoms with E-state index in [9.17, 15) is 8.42 Å². The maximum absolute atomic E-state index is 11.7. The second kappa shape index (κ2) is 6.24. The van der Waals surface area contributed by atoms with E-state index in [-0.39, 0.29) is 22.8 Å². The Labute approximate surface area is 130 Å². The molecule has 4 nitrogen and oxygen atoms in total. The lowest BCUT2D eigenvalue weighted by molar-refractivity contribution is 0.227. The van der Waals surface area contributed by atoms with Crippen molar-refractivity contribution in [1.82, 2.24) is 9.78 Å². The molecule has 20 heavy (non-hydrogen) atoms. The lowest BCUT2D eigenvalue weighted by Crippen LogP contribution is -2.36. The van der Waals surface area contributed by atoms with Crippen molar-refractivity contribution in [3.05, 3.63) is 18.0 Å². The molecule has 0 N–H and O–H groups in total. The summed E-state index contributed by atoms with van der Waals surface area (Å²) in [6.07, 6.45) is 6.10. The Bertz CT molecular complexity index is 552. The highest BCUT2D eigenvalue weighted by molar-refractivity contribution is 7.91. The lowest BCUT2D eigenvalue weighted by Gasteiger charge is -2.35. The number of nitrogens with zero attached hydrogens (tertiary/aromatic N) is 2. The van der Waals surface area contributed by atoms with Crippen LogP contribution in [0.1, 0.15) is 18.4 Å². The second-order valence-electron chi connectivity index (χ2n) is 5.75. The molecule has 1 unspecified atom stereocenters. The Hall–Kier alpha value is -0.260. The fourth-order valence-electron chi connectivity index (χ4n) is 2.86. The first-order valence-corrected chi connectivity index (χ1v) is 9.60. The number of aromatic nitrogens is 2. The minimum absolute atomic E-state index is 0.0687. The van der Waals surface area contributed by atoms with Gasteiger partial charge in [-0.25, -0.2) is 8.42 Å². The summed E-state index contributed by atoms with van der Waals surface area (Å²) in [7, 11) is -1.03. The molecule has 1 atom stereocenters. The van der Waals surface area contributed by atoms with Crippen molar-refractivity contribution in [3.63, 3.8) is 0 Å². The van der Waals surface area contributed by atoms with Crippen molar-refractivity contribution >= 4 is 33.0 Å². The molecule has 1 aromatic rings. The predicted octanol–water partition coefficient (Wildman–Crippen LogP) is 2.25. The van der Waals surface area contributed by atoms with Gasteiger partial charge in [0.25, 0.3) is 0 Å². The third-order valence-electron chi connectivity index (χ3n) is 4.30. The SMILES string of the molecule is Cn1cc(CCC(CCl)(CCl)C2CCS(=O)(=O)C2)cn1. The summed E-state index contributed by atoms with van der Waals surface area (Å²) in [5.74, 6) is 1.35. The predicted molar refractivity (Wildman–Crippen MR) is 82.2 cm³/mol. The minimum atomic E-state index is -2.91. The van der Waals surface area contributed by atoms with E-state index < -0.39 is 9.84 Å². The van der Waals surface area contributed by atoms with Crippen molar-refractivity contribution < 1.29 is 8.42 Å². The van der Waals surface area contributed by atoms with Crippen molar-refractivity contribution in [1.29, 1.82) is 0 Å². The van der Waals surface area contributed by atoms with Crippen LogP contribution in [-0.2, 0) is 23.3 Å². The number of halogens is 2. The monoisotopic (exact) mass is 338 g/mol. The van der Waals surface area contributed by atoms with Gasteiger partial charge in [0, 0.05) is 30.4 Å². The van der Waals surface area contributed by atoms with Gasteiger partial charge in [0.2, 0.25) is 0 Å². The molecule has 1 fully saturated rings. The molecule has 0 bridgehead atoms. The molecule has 7 heteroatoms. The van der Waals surface area contributed by atoms with Gasteiger partial charge < -0.3 is 0 Å². The first-order valence-electron chi connectivity index (χ1n) is 6.71. The molecular weight excluding hydrogens is 319 g/mol. The van der Waals surface area contributed by atoms with Crippen LogP contribution in [0.5, 0.6) is 0 Å². The zero-order valence-electron chi connectivity index (χ0n) is 11.6. The lowest BCUT2D eigenvalue weighted by atomic mass is 9.74. The highest BCUT2D eigenvalue weighted by Crippen LogP contribution is 2.41. The Balaban J connectivity index is 2.09. The van der Waals surface area contributed by atoms with Crippen LogP contribution in [0.15, 0.2) is 12.4 Å². The van der Waals surface area contributed by atoms with E-state index in [0.717, 1.165) is 18.4 Å². The van der Waals surface area contributed by atoms with Gasteiger partial charge in [0.1, 0.15) is 0 Å². The first-order chi connectivity index (χ1) is 9.41. The normalized spacial score (nSPS) is 22.2. The van der Waals surface area contributed by atoms with Crippen LogP contribution in [0.25, 0.3) is 0 Å². The van der Waals surface area contributed by atoms with E-state index in [1.165, 1.54) is 0 Å². The third kappa shape index (κ3) is 3.49. The van der Waals surface area contributed by atoms with Crippen LogP contribution in [-0.4, -0.2) is 41.5 Å². The van der Waals surface area contributed by atoms with E-state index in [4.69, 9.17) is 23.2 Å². The minimum Gasteiger partial charge on any atom is -0.276 e. The van der Waals surface area contributed by atoms with E-state index in [0.29, 0.717) is 18.2 Å². The van der Waals surface area contributed by atoms with Crippen LogP contribution in [0, 0.1) is 11.3 Å². The van der Waals surface area contributed by atoms with E-state index in [1.54, 1.807) is 4.68 Å². The topological polar surface area (TPSA) is 52.0 Å². The zero-order chi connectivity index (χ0) is 14.8. The maximum atomic E-state index is 11.7. The molecule has 2 heterocycles. The van der Waals surface area contributed by atoms with Gasteiger partial charge >= 0.3 is 0 Å². The van der Waals surface area contributed by atoms with E-state index in [1.807, 2.05) is 19.4 Å². The summed E-state index contributed by atoms with van der Waals surface area (Å²) in [6, 6.07) is 0. The summed E-state index contributed by atoms with van der Waals surface area (Å²) in [5, 5.41) is 4.14. The fourth-order valence-corrected chi connectivity index (χ4v) is 5.80. The standard InChI is InChI=1S/C13H20Cl2N2O2S/c1-17-7-11(6-16-17)2-4-13(9-14,10-15)12-3-5-20(18,19)8-12/h6-7,12H,2-5,8-10H2,1H3. The first kappa shape index (κ1) is 16.1. The molecule has 1 aliphatic rings. The van der Waals surface area contributed by atoms with Gasteiger partial charge in [-0.15, -0.1) is 23.2 Å². The summed E-state index contributed by atoms with van der Waals surface area (Å²) in [4.78, 5) is 0. The molecule has 114 valence electrons. The summed E-state index contributed by atoms with van der Waals surface area (Å²) in [5.41, 5.74) is 0.829. The van der Waals surface area contributed by atoms with Crippen molar-refractivity contribution in [2.75, 3.05) is 23.3 Å². The van der Waals surface area contributed by atoms with Gasteiger partial charge in [-0.2, -0.15) is 5.10 Å². The summed E-state index contributed by atoms with van der Waals surface area (Å²) < 4.78 is 25.2. The molecule has 0 aromatic carbocycles. The number of hydrogen-bond donors (Lipinski definition) is 0. The Morgan fingerprint density at radius 3 is 2.60 bits per heavy atom. The van der Waals surface area contributed by atoms with Crippen LogP contribution >= 0.6 is 23.2 Å². The highest BCUT2D eigenvalue weighted by atomic mass is 35.5. The zero-order valence-corrected chi connectivity index (χ0v) is 13.9. The van der Waals surface area contributed by atoms with Crippen molar-refractivity contribution in [2.45, 2.75) is 19.3 Å². The van der Waals surface area contributed by atoms with Crippen LogP contribution < -0.4 is 0 Å². The smallest absolute Gasteiger partial charge is 0.150 e. The molecule has 0 saturated carbocycles. The molecule has 0 spiro atoms. The molecule has 0 radical (unpaired) electrons. The molecule has 0 amide bonds. The maximum Gasteiger partial charge on any atom is 0.150 e. The van der Waals surface area contributed by atoms with E-state index >= 15 is 0 Å². The molecule has 2 rings (SSSR count). The number of aryl methyl sites for hydroxylation is 2. The third-order valence-corrected chi connectivity index (χ3v) is 7.13. The van der Waals surface area contributed by atoms with Crippen molar-refractivity contribution in [2.24, 2.45) is 18.4 Å². The Morgan fingerprint density at radius 1 is 1.45 bits per heavy atom.